The van der Waals surface area contributed by atoms with Crippen molar-refractivity contribution in [1.82, 2.24) is 4.73 Å². The summed E-state index contributed by atoms with van der Waals surface area (Å²) in [7, 11) is 8.54. The minimum Gasteiger partial charge on any atom is 0 e. The summed E-state index contributed by atoms with van der Waals surface area (Å²) in [6.45, 7) is 0. The van der Waals surface area contributed by atoms with Crippen LogP contribution in [0.2, 0.25) is 0 Å². The molecular weight excluding hydrogens is 331 g/mol. The number of nitrogens with zero attached hydrogens (tertiary/aromatic N) is 1. The molecular formula is C5H5NOS3SeZn. The Kier molecular flexibility index (Phi) is 12.5. The van der Waals surface area contributed by atoms with E-state index >= 15 is 0 Å². The molecule has 62 valence electrons. The first kappa shape index (κ1) is 15.2. The maximum atomic E-state index is 8.73. The predicted octanol–water partition coefficient (Wildman–Crippen LogP) is 2.37. The van der Waals surface area contributed by atoms with E-state index in [2.05, 4.69) is 33.3 Å². The second-order valence-corrected chi connectivity index (χ2v) is 4.98. The first-order valence-electron chi connectivity index (χ1n) is 2.51. The molecule has 0 bridgehead atoms. The third kappa shape index (κ3) is 7.40. The number of aromatic nitrogens is 1. The van der Waals surface area contributed by atoms with Crippen LogP contribution in [0.15, 0.2) is 24.4 Å². The monoisotopic (exact) mass is 335 g/mol. The van der Waals surface area contributed by atoms with E-state index in [1.807, 2.05) is 0 Å². The number of hydrogen-bond acceptors (Lipinski definition) is 4. The Morgan fingerprint density at radius 2 is 1.83 bits per heavy atom. The summed E-state index contributed by atoms with van der Waals surface area (Å²) < 4.78 is 1.32. The summed E-state index contributed by atoms with van der Waals surface area (Å²) in [5, 5.41) is 8.73. The van der Waals surface area contributed by atoms with Gasteiger partial charge in [0.05, 0.1) is 0 Å². The molecule has 1 N–H and O–H groups in total. The standard InChI is InChI=1S/C5H5NOS.S2Se.Zn/c7-6-4-2-1-3-5(6)8;1-3-2;/h1-4,7H;;. The minimum absolute atomic E-state index is 0. The topological polar surface area (TPSA) is 25.2 Å². The largest absolute Gasteiger partial charge is 0 e. The van der Waals surface area contributed by atoms with Crippen LogP contribution in [-0.2, 0) is 19.5 Å². The zero-order valence-electron chi connectivity index (χ0n) is 6.04. The summed E-state index contributed by atoms with van der Waals surface area (Å²) in [6.07, 6.45) is 1.49. The van der Waals surface area contributed by atoms with Gasteiger partial charge in [-0.05, 0) is 12.1 Å². The Labute approximate surface area is 103 Å². The van der Waals surface area contributed by atoms with Gasteiger partial charge in [0.2, 0.25) is 0 Å². The maximum Gasteiger partial charge on any atom is 0 e. The van der Waals surface area contributed by atoms with Crippen LogP contribution in [0.4, 0.5) is 0 Å². The molecule has 0 unspecified atom stereocenters. The Hall–Kier alpha value is 0.753. The maximum absolute atomic E-state index is 8.73. The van der Waals surface area contributed by atoms with Crippen molar-refractivity contribution < 1.29 is 24.7 Å². The van der Waals surface area contributed by atoms with Gasteiger partial charge in [-0.1, -0.05) is 18.3 Å². The van der Waals surface area contributed by atoms with Crippen molar-refractivity contribution in [2.75, 3.05) is 0 Å². The van der Waals surface area contributed by atoms with E-state index in [9.17, 15) is 0 Å². The summed E-state index contributed by atoms with van der Waals surface area (Å²) in [4.78, 5) is 0. The molecule has 1 aromatic heterocycles. The van der Waals surface area contributed by atoms with Gasteiger partial charge in [0, 0.05) is 25.7 Å². The second kappa shape index (κ2) is 9.84. The van der Waals surface area contributed by atoms with Crippen LogP contribution in [0.5, 0.6) is 0 Å². The summed E-state index contributed by atoms with van der Waals surface area (Å²) in [6, 6.07) is 5.13. The molecule has 0 aliphatic heterocycles. The molecule has 0 saturated heterocycles. The normalized spacial score (nSPS) is 7.00. The number of rotatable bonds is 0. The fraction of sp³-hybridized carbons (Fsp3) is 0. The molecule has 0 aliphatic carbocycles. The fourth-order valence-electron chi connectivity index (χ4n) is 0.419. The molecule has 0 amide bonds. The molecule has 0 aliphatic rings. The van der Waals surface area contributed by atoms with Gasteiger partial charge in [-0.25, -0.2) is 0 Å². The van der Waals surface area contributed by atoms with Gasteiger partial charge in [-0.3, -0.25) is 0 Å². The molecule has 12 heavy (non-hydrogen) atoms. The van der Waals surface area contributed by atoms with Crippen molar-refractivity contribution in [3.05, 3.63) is 29.0 Å². The van der Waals surface area contributed by atoms with E-state index in [1.165, 1.54) is 6.20 Å². The fourth-order valence-corrected chi connectivity index (χ4v) is 0.558. The summed E-state index contributed by atoms with van der Waals surface area (Å²) in [5.41, 5.74) is 0. The molecule has 0 spiro atoms. The van der Waals surface area contributed by atoms with Crippen LogP contribution in [0.3, 0.4) is 0 Å². The van der Waals surface area contributed by atoms with Gasteiger partial charge in [0.25, 0.3) is 0 Å². The quantitative estimate of drug-likeness (QED) is 0.447. The molecule has 2 nitrogen and oxygen atoms in total. The molecule has 0 aromatic carbocycles. The van der Waals surface area contributed by atoms with Gasteiger partial charge in [0.1, 0.15) is 4.64 Å². The molecule has 0 radical (unpaired) electrons. The Bertz CT molecular complexity index is 310. The van der Waals surface area contributed by atoms with Crippen LogP contribution in [0.1, 0.15) is 0 Å². The van der Waals surface area contributed by atoms with Crippen LogP contribution < -0.4 is 0 Å². The molecule has 1 aromatic rings. The third-order valence-corrected chi connectivity index (χ3v) is 1.13. The molecule has 0 fully saturated rings. The first-order chi connectivity index (χ1) is 5.22. The van der Waals surface area contributed by atoms with E-state index in [-0.39, 0.29) is 31.2 Å². The summed E-state index contributed by atoms with van der Waals surface area (Å²) in [5.74, 6) is 0. The zero-order valence-corrected chi connectivity index (χ0v) is 13.2. The molecule has 1 heterocycles. The van der Waals surface area contributed by atoms with E-state index in [4.69, 9.17) is 5.21 Å². The van der Waals surface area contributed by atoms with Crippen molar-refractivity contribution in [3.63, 3.8) is 0 Å². The molecule has 1 rings (SSSR count). The molecule has 0 atom stereocenters. The molecule has 0 saturated carbocycles. The Morgan fingerprint density at radius 1 is 1.33 bits per heavy atom. The zero-order chi connectivity index (χ0) is 8.69. The smallest absolute Gasteiger partial charge is 0 e. The first-order valence-corrected chi connectivity index (χ1v) is 7.78. The summed E-state index contributed by atoms with van der Waals surface area (Å²) >= 11 is 4.71. The Morgan fingerprint density at radius 3 is 2.08 bits per heavy atom. The number of pyridine rings is 1. The van der Waals surface area contributed by atoms with Crippen LogP contribution in [0, 0.1) is 4.64 Å². The number of hydrogen-bond donors (Lipinski definition) is 1. The van der Waals surface area contributed by atoms with Gasteiger partial charge >= 0.3 is 32.8 Å². The average Bonchev–Trinajstić information content (AvgIpc) is 1.97. The Balaban J connectivity index is 0. The average molecular weight is 336 g/mol. The van der Waals surface area contributed by atoms with Crippen molar-refractivity contribution in [2.45, 2.75) is 0 Å². The minimum atomic E-state index is 0. The van der Waals surface area contributed by atoms with E-state index in [1.54, 1.807) is 18.2 Å². The van der Waals surface area contributed by atoms with Crippen LogP contribution in [-0.4, -0.2) is 21.6 Å². The van der Waals surface area contributed by atoms with E-state index in [0.29, 0.717) is 4.64 Å². The van der Waals surface area contributed by atoms with E-state index in [0.717, 1.165) is 4.73 Å². The van der Waals surface area contributed by atoms with Crippen molar-refractivity contribution in [1.29, 1.82) is 0 Å². The molecule has 7 heteroatoms. The van der Waals surface area contributed by atoms with Gasteiger partial charge in [-0.2, -0.15) is 4.73 Å². The predicted molar refractivity (Wildman–Crippen MR) is 53.4 cm³/mol. The van der Waals surface area contributed by atoms with Crippen LogP contribution >= 0.6 is 33.3 Å². The second-order valence-electron chi connectivity index (χ2n) is 1.45. The third-order valence-electron chi connectivity index (χ3n) is 0.803. The SMILES string of the molecule is On1ccccc1=S.S=[Se]=S.[Zn]. The van der Waals surface area contributed by atoms with Gasteiger partial charge < -0.3 is 5.21 Å². The van der Waals surface area contributed by atoms with Crippen molar-refractivity contribution >= 4 is 45.0 Å². The van der Waals surface area contributed by atoms with Crippen molar-refractivity contribution in [2.24, 2.45) is 0 Å². The van der Waals surface area contributed by atoms with E-state index < -0.39 is 0 Å². The van der Waals surface area contributed by atoms with Gasteiger partial charge in [0.15, 0.2) is 0 Å². The van der Waals surface area contributed by atoms with Gasteiger partial charge in [-0.15, -0.1) is 0 Å². The van der Waals surface area contributed by atoms with Crippen molar-refractivity contribution in [3.8, 4) is 0 Å². The van der Waals surface area contributed by atoms with Crippen LogP contribution in [0.25, 0.3) is 0 Å².